The Morgan fingerprint density at radius 2 is 2.05 bits per heavy atom. The zero-order valence-corrected chi connectivity index (χ0v) is 13.3. The van der Waals surface area contributed by atoms with E-state index in [4.69, 9.17) is 16.3 Å². The standard InChI is InChI=1S/C16H26ClNO/c1-5-6-10-19-15(12-18-16(2,3)4)13-8-7-9-14(17)11-13/h7-9,11,15,18H,5-6,10,12H2,1-4H3. The van der Waals surface area contributed by atoms with Gasteiger partial charge in [-0.1, -0.05) is 37.1 Å². The molecule has 108 valence electrons. The van der Waals surface area contributed by atoms with E-state index in [1.807, 2.05) is 18.2 Å². The number of halogens is 1. The maximum atomic E-state index is 6.06. The third-order valence-corrected chi connectivity index (χ3v) is 3.09. The molecule has 0 aliphatic heterocycles. The van der Waals surface area contributed by atoms with Crippen molar-refractivity contribution < 1.29 is 4.74 Å². The minimum atomic E-state index is 0.0597. The average Bonchev–Trinajstić information content (AvgIpc) is 2.32. The van der Waals surface area contributed by atoms with E-state index < -0.39 is 0 Å². The van der Waals surface area contributed by atoms with Gasteiger partial charge in [0.1, 0.15) is 0 Å². The quantitative estimate of drug-likeness (QED) is 0.739. The van der Waals surface area contributed by atoms with Crippen molar-refractivity contribution >= 4 is 11.6 Å². The van der Waals surface area contributed by atoms with Crippen molar-refractivity contribution in [2.24, 2.45) is 0 Å². The molecule has 0 aromatic heterocycles. The van der Waals surface area contributed by atoms with Gasteiger partial charge in [-0.05, 0) is 44.9 Å². The van der Waals surface area contributed by atoms with Crippen molar-refractivity contribution in [3.8, 4) is 0 Å². The second-order valence-electron chi connectivity index (χ2n) is 5.90. The molecule has 0 spiro atoms. The number of hydrogen-bond donors (Lipinski definition) is 1. The first-order valence-electron chi connectivity index (χ1n) is 7.04. The Balaban J connectivity index is 2.68. The normalized spacial score (nSPS) is 13.5. The lowest BCUT2D eigenvalue weighted by atomic mass is 10.1. The summed E-state index contributed by atoms with van der Waals surface area (Å²) < 4.78 is 6.00. The minimum absolute atomic E-state index is 0.0597. The maximum absolute atomic E-state index is 6.06. The van der Waals surface area contributed by atoms with E-state index in [-0.39, 0.29) is 11.6 Å². The number of ether oxygens (including phenoxy) is 1. The first-order chi connectivity index (χ1) is 8.92. The highest BCUT2D eigenvalue weighted by Crippen LogP contribution is 2.21. The van der Waals surface area contributed by atoms with E-state index in [9.17, 15) is 0 Å². The third-order valence-electron chi connectivity index (χ3n) is 2.86. The Hall–Kier alpha value is -0.570. The van der Waals surface area contributed by atoms with E-state index in [1.165, 1.54) is 0 Å². The lowest BCUT2D eigenvalue weighted by molar-refractivity contribution is 0.0464. The monoisotopic (exact) mass is 283 g/mol. The molecule has 0 radical (unpaired) electrons. The molecule has 1 rings (SSSR count). The summed E-state index contributed by atoms with van der Waals surface area (Å²) >= 11 is 6.06. The first-order valence-corrected chi connectivity index (χ1v) is 7.42. The number of benzene rings is 1. The molecule has 0 bridgehead atoms. The number of unbranched alkanes of at least 4 members (excludes halogenated alkanes) is 1. The van der Waals surface area contributed by atoms with Crippen LogP contribution in [0.2, 0.25) is 5.02 Å². The molecule has 1 N–H and O–H groups in total. The Labute approximate surface area is 122 Å². The SMILES string of the molecule is CCCCOC(CNC(C)(C)C)c1cccc(Cl)c1. The first kappa shape index (κ1) is 16.5. The van der Waals surface area contributed by atoms with Gasteiger partial charge >= 0.3 is 0 Å². The molecule has 3 heteroatoms. The Morgan fingerprint density at radius 1 is 1.32 bits per heavy atom. The van der Waals surface area contributed by atoms with Gasteiger partial charge in [-0.15, -0.1) is 0 Å². The van der Waals surface area contributed by atoms with E-state index in [2.05, 4.69) is 39.1 Å². The molecule has 0 aliphatic rings. The molecule has 1 unspecified atom stereocenters. The fourth-order valence-corrected chi connectivity index (χ4v) is 1.95. The molecule has 2 nitrogen and oxygen atoms in total. The molecular formula is C16H26ClNO. The highest BCUT2D eigenvalue weighted by atomic mass is 35.5. The van der Waals surface area contributed by atoms with Gasteiger partial charge < -0.3 is 10.1 Å². The minimum Gasteiger partial charge on any atom is -0.372 e. The summed E-state index contributed by atoms with van der Waals surface area (Å²) in [4.78, 5) is 0. The van der Waals surface area contributed by atoms with Crippen LogP contribution in [-0.4, -0.2) is 18.7 Å². The molecule has 1 atom stereocenters. The van der Waals surface area contributed by atoms with E-state index in [0.29, 0.717) is 0 Å². The summed E-state index contributed by atoms with van der Waals surface area (Å²) in [6.07, 6.45) is 2.30. The summed E-state index contributed by atoms with van der Waals surface area (Å²) in [5.74, 6) is 0. The van der Waals surface area contributed by atoms with Crippen LogP contribution in [0.3, 0.4) is 0 Å². The lowest BCUT2D eigenvalue weighted by Crippen LogP contribution is -2.39. The summed E-state index contributed by atoms with van der Waals surface area (Å²) in [6.45, 7) is 10.2. The predicted octanol–water partition coefficient (Wildman–Crippen LogP) is 4.59. The molecule has 1 aromatic rings. The highest BCUT2D eigenvalue weighted by Gasteiger charge is 2.16. The van der Waals surface area contributed by atoms with Crippen LogP contribution in [-0.2, 0) is 4.74 Å². The third kappa shape index (κ3) is 6.95. The summed E-state index contributed by atoms with van der Waals surface area (Å²) in [7, 11) is 0. The number of rotatable bonds is 7. The van der Waals surface area contributed by atoms with Gasteiger partial charge in [0.15, 0.2) is 0 Å². The van der Waals surface area contributed by atoms with E-state index in [1.54, 1.807) is 0 Å². The predicted molar refractivity (Wildman–Crippen MR) is 82.8 cm³/mol. The summed E-state index contributed by atoms with van der Waals surface area (Å²) in [5, 5.41) is 4.26. The van der Waals surface area contributed by atoms with Crippen molar-refractivity contribution in [1.82, 2.24) is 5.32 Å². The maximum Gasteiger partial charge on any atom is 0.0949 e. The number of nitrogens with one attached hydrogen (secondary N) is 1. The van der Waals surface area contributed by atoms with Crippen LogP contribution < -0.4 is 5.32 Å². The fourth-order valence-electron chi connectivity index (χ4n) is 1.75. The van der Waals surface area contributed by atoms with Crippen LogP contribution in [0.5, 0.6) is 0 Å². The topological polar surface area (TPSA) is 21.3 Å². The van der Waals surface area contributed by atoms with Crippen molar-refractivity contribution in [2.45, 2.75) is 52.2 Å². The van der Waals surface area contributed by atoms with Crippen molar-refractivity contribution in [2.75, 3.05) is 13.2 Å². The molecule has 0 heterocycles. The highest BCUT2D eigenvalue weighted by molar-refractivity contribution is 6.30. The van der Waals surface area contributed by atoms with Gasteiger partial charge in [0.05, 0.1) is 6.10 Å². The van der Waals surface area contributed by atoms with Crippen LogP contribution in [0.1, 0.15) is 52.2 Å². The fraction of sp³-hybridized carbons (Fsp3) is 0.625. The Kier molecular flexibility index (Phi) is 6.84. The molecule has 0 saturated carbocycles. The van der Waals surface area contributed by atoms with Gasteiger partial charge in [-0.25, -0.2) is 0 Å². The van der Waals surface area contributed by atoms with Crippen molar-refractivity contribution in [3.05, 3.63) is 34.9 Å². The zero-order chi connectivity index (χ0) is 14.3. The zero-order valence-electron chi connectivity index (χ0n) is 12.5. The van der Waals surface area contributed by atoms with Gasteiger partial charge in [0.2, 0.25) is 0 Å². The van der Waals surface area contributed by atoms with Crippen LogP contribution in [0, 0.1) is 0 Å². The molecule has 0 fully saturated rings. The molecule has 0 aliphatic carbocycles. The molecule has 19 heavy (non-hydrogen) atoms. The summed E-state index contributed by atoms with van der Waals surface area (Å²) in [5.41, 5.74) is 1.23. The second-order valence-corrected chi connectivity index (χ2v) is 6.34. The van der Waals surface area contributed by atoms with Crippen molar-refractivity contribution in [1.29, 1.82) is 0 Å². The van der Waals surface area contributed by atoms with E-state index >= 15 is 0 Å². The molecule has 0 amide bonds. The van der Waals surface area contributed by atoms with Gasteiger partial charge in [-0.2, -0.15) is 0 Å². The van der Waals surface area contributed by atoms with Crippen LogP contribution in [0.15, 0.2) is 24.3 Å². The Morgan fingerprint density at radius 3 is 2.63 bits per heavy atom. The molecule has 1 aromatic carbocycles. The van der Waals surface area contributed by atoms with Crippen LogP contribution >= 0.6 is 11.6 Å². The smallest absolute Gasteiger partial charge is 0.0949 e. The van der Waals surface area contributed by atoms with Crippen LogP contribution in [0.25, 0.3) is 0 Å². The lowest BCUT2D eigenvalue weighted by Gasteiger charge is -2.26. The molecular weight excluding hydrogens is 258 g/mol. The molecule has 0 saturated heterocycles. The van der Waals surface area contributed by atoms with Gasteiger partial charge in [0.25, 0.3) is 0 Å². The van der Waals surface area contributed by atoms with Gasteiger partial charge in [0, 0.05) is 23.7 Å². The van der Waals surface area contributed by atoms with Crippen LogP contribution in [0.4, 0.5) is 0 Å². The average molecular weight is 284 g/mol. The summed E-state index contributed by atoms with van der Waals surface area (Å²) in [6, 6.07) is 7.94. The number of hydrogen-bond acceptors (Lipinski definition) is 2. The second kappa shape index (κ2) is 7.88. The van der Waals surface area contributed by atoms with Crippen molar-refractivity contribution in [3.63, 3.8) is 0 Å². The van der Waals surface area contributed by atoms with Gasteiger partial charge in [-0.3, -0.25) is 0 Å². The largest absolute Gasteiger partial charge is 0.372 e. The van der Waals surface area contributed by atoms with E-state index in [0.717, 1.165) is 36.6 Å². The Bertz CT molecular complexity index is 373.